The smallest absolute Gasteiger partial charge is 0.263 e. The summed E-state index contributed by atoms with van der Waals surface area (Å²) in [5, 5.41) is 1.14. The van der Waals surface area contributed by atoms with E-state index in [9.17, 15) is 4.79 Å². The number of aromatic nitrogens is 2. The minimum atomic E-state index is 0.140. The maximum absolute atomic E-state index is 12.9. The molecule has 0 aliphatic carbocycles. The molecule has 24 heavy (non-hydrogen) atoms. The minimum Gasteiger partial charge on any atom is -0.337 e. The molecule has 4 rings (SSSR count). The van der Waals surface area contributed by atoms with Gasteiger partial charge in [0.25, 0.3) is 5.91 Å². The molecule has 0 radical (unpaired) electrons. The molecule has 1 atom stereocenters. The topological polar surface area (TPSA) is 46.1 Å². The molecule has 2 aromatic heterocycles. The quantitative estimate of drug-likeness (QED) is 0.709. The standard InChI is InChI=1S/C19H19N3OS/c1-13-10-20-11-16(21-13)15-6-4-8-22(12-15)19(23)18-9-14-5-2-3-7-17(14)24-18/h2-3,5,7,9-11,15H,4,6,8,12H2,1H3/t15-/m0/s1. The number of aryl methyl sites for hydroxylation is 1. The molecule has 0 unspecified atom stereocenters. The van der Waals surface area contributed by atoms with Gasteiger partial charge in [-0.2, -0.15) is 0 Å². The Labute approximate surface area is 145 Å². The van der Waals surface area contributed by atoms with Crippen molar-refractivity contribution >= 4 is 27.3 Å². The van der Waals surface area contributed by atoms with Gasteiger partial charge in [0.15, 0.2) is 0 Å². The van der Waals surface area contributed by atoms with Gasteiger partial charge in [-0.15, -0.1) is 11.3 Å². The highest BCUT2D eigenvalue weighted by atomic mass is 32.1. The molecule has 1 aliphatic rings. The molecule has 1 aromatic carbocycles. The molecule has 1 saturated heterocycles. The van der Waals surface area contributed by atoms with Crippen molar-refractivity contribution in [1.29, 1.82) is 0 Å². The largest absolute Gasteiger partial charge is 0.337 e. The van der Waals surface area contributed by atoms with Crippen molar-refractivity contribution in [2.24, 2.45) is 0 Å². The van der Waals surface area contributed by atoms with Gasteiger partial charge >= 0.3 is 0 Å². The van der Waals surface area contributed by atoms with Gasteiger partial charge in [-0.1, -0.05) is 18.2 Å². The average Bonchev–Trinajstić information content (AvgIpc) is 3.05. The van der Waals surface area contributed by atoms with Crippen molar-refractivity contribution in [2.45, 2.75) is 25.7 Å². The van der Waals surface area contributed by atoms with Crippen molar-refractivity contribution in [3.8, 4) is 0 Å². The zero-order valence-corrected chi connectivity index (χ0v) is 14.4. The van der Waals surface area contributed by atoms with Crippen LogP contribution in [0.25, 0.3) is 10.1 Å². The Bertz CT molecular complexity index is 856. The lowest BCUT2D eigenvalue weighted by Crippen LogP contribution is -2.39. The van der Waals surface area contributed by atoms with Gasteiger partial charge < -0.3 is 4.90 Å². The summed E-state index contributed by atoms with van der Waals surface area (Å²) in [6.07, 6.45) is 5.68. The van der Waals surface area contributed by atoms with Crippen LogP contribution in [0, 0.1) is 6.92 Å². The SMILES string of the molecule is Cc1cncc([C@H]2CCCN(C(=O)c3cc4ccccc4s3)C2)n1. The minimum absolute atomic E-state index is 0.140. The predicted octanol–water partition coefficient (Wildman–Crippen LogP) is 4.02. The summed E-state index contributed by atoms with van der Waals surface area (Å²) in [6.45, 7) is 3.51. The van der Waals surface area contributed by atoms with Crippen molar-refractivity contribution in [2.75, 3.05) is 13.1 Å². The normalized spacial score (nSPS) is 18.0. The first-order valence-corrected chi connectivity index (χ1v) is 9.09. The number of hydrogen-bond acceptors (Lipinski definition) is 4. The lowest BCUT2D eigenvalue weighted by molar-refractivity contribution is 0.0711. The molecule has 3 aromatic rings. The third-order valence-corrected chi connectivity index (χ3v) is 5.64. The molecule has 0 bridgehead atoms. The molecule has 0 saturated carbocycles. The van der Waals surface area contributed by atoms with E-state index in [1.165, 1.54) is 4.70 Å². The lowest BCUT2D eigenvalue weighted by Gasteiger charge is -2.32. The maximum Gasteiger partial charge on any atom is 0.263 e. The summed E-state index contributed by atoms with van der Waals surface area (Å²) in [5.74, 6) is 0.422. The fraction of sp³-hybridized carbons (Fsp3) is 0.316. The van der Waals surface area contributed by atoms with Gasteiger partial charge in [0, 0.05) is 36.1 Å². The van der Waals surface area contributed by atoms with Crippen LogP contribution in [0.15, 0.2) is 42.7 Å². The van der Waals surface area contributed by atoms with Crippen molar-refractivity contribution in [3.05, 3.63) is 59.0 Å². The Balaban J connectivity index is 1.56. The number of likely N-dealkylation sites (tertiary alicyclic amines) is 1. The van der Waals surface area contributed by atoms with Crippen LogP contribution in [-0.4, -0.2) is 33.9 Å². The number of carbonyl (C=O) groups excluding carboxylic acids is 1. The number of fused-ring (bicyclic) bond motifs is 1. The van der Waals surface area contributed by atoms with E-state index in [1.807, 2.05) is 36.2 Å². The summed E-state index contributed by atoms with van der Waals surface area (Å²) in [5.41, 5.74) is 1.93. The average molecular weight is 337 g/mol. The monoisotopic (exact) mass is 337 g/mol. The lowest BCUT2D eigenvalue weighted by atomic mass is 9.95. The molecule has 5 heteroatoms. The molecular formula is C19H19N3OS. The highest BCUT2D eigenvalue weighted by Gasteiger charge is 2.27. The van der Waals surface area contributed by atoms with Gasteiger partial charge in [-0.05, 0) is 37.3 Å². The van der Waals surface area contributed by atoms with E-state index >= 15 is 0 Å². The molecule has 122 valence electrons. The number of hydrogen-bond donors (Lipinski definition) is 0. The number of benzene rings is 1. The summed E-state index contributed by atoms with van der Waals surface area (Å²) >= 11 is 1.58. The van der Waals surface area contributed by atoms with E-state index in [-0.39, 0.29) is 11.8 Å². The number of nitrogens with zero attached hydrogens (tertiary/aromatic N) is 3. The zero-order valence-electron chi connectivity index (χ0n) is 13.6. The second kappa shape index (κ2) is 6.32. The summed E-state index contributed by atoms with van der Waals surface area (Å²) in [6, 6.07) is 10.2. The zero-order chi connectivity index (χ0) is 16.5. The summed E-state index contributed by atoms with van der Waals surface area (Å²) in [7, 11) is 0. The summed E-state index contributed by atoms with van der Waals surface area (Å²) < 4.78 is 1.17. The van der Waals surface area contributed by atoms with E-state index in [4.69, 9.17) is 0 Å². The number of thiophene rings is 1. The number of carbonyl (C=O) groups is 1. The Kier molecular flexibility index (Phi) is 4.02. The van der Waals surface area contributed by atoms with Crippen LogP contribution in [0.5, 0.6) is 0 Å². The second-order valence-electron chi connectivity index (χ2n) is 6.32. The van der Waals surface area contributed by atoms with Gasteiger partial charge in [0.1, 0.15) is 0 Å². The third-order valence-electron chi connectivity index (χ3n) is 4.54. The van der Waals surface area contributed by atoms with E-state index in [2.05, 4.69) is 22.1 Å². The number of piperidine rings is 1. The fourth-order valence-corrected chi connectivity index (χ4v) is 4.36. The van der Waals surface area contributed by atoms with Crippen LogP contribution in [0.3, 0.4) is 0 Å². The molecular weight excluding hydrogens is 318 g/mol. The first kappa shape index (κ1) is 15.3. The van der Waals surface area contributed by atoms with Crippen LogP contribution in [0.4, 0.5) is 0 Å². The number of amides is 1. The van der Waals surface area contributed by atoms with Crippen molar-refractivity contribution < 1.29 is 4.79 Å². The van der Waals surface area contributed by atoms with E-state index in [0.717, 1.165) is 47.6 Å². The van der Waals surface area contributed by atoms with Crippen molar-refractivity contribution in [1.82, 2.24) is 14.9 Å². The van der Waals surface area contributed by atoms with Crippen LogP contribution in [-0.2, 0) is 0 Å². The predicted molar refractivity (Wildman–Crippen MR) is 96.5 cm³/mol. The van der Waals surface area contributed by atoms with Gasteiger partial charge in [0.05, 0.1) is 16.3 Å². The molecule has 1 fully saturated rings. The van der Waals surface area contributed by atoms with E-state index in [1.54, 1.807) is 17.5 Å². The molecule has 4 nitrogen and oxygen atoms in total. The van der Waals surface area contributed by atoms with Gasteiger partial charge in [-0.3, -0.25) is 14.8 Å². The van der Waals surface area contributed by atoms with E-state index in [0.29, 0.717) is 0 Å². The molecule has 1 aliphatic heterocycles. The first-order valence-electron chi connectivity index (χ1n) is 8.27. The second-order valence-corrected chi connectivity index (χ2v) is 7.41. The third kappa shape index (κ3) is 2.91. The molecule has 3 heterocycles. The van der Waals surface area contributed by atoms with Crippen LogP contribution < -0.4 is 0 Å². The number of rotatable bonds is 2. The van der Waals surface area contributed by atoms with Crippen LogP contribution >= 0.6 is 11.3 Å². The van der Waals surface area contributed by atoms with Crippen LogP contribution in [0.2, 0.25) is 0 Å². The molecule has 0 spiro atoms. The maximum atomic E-state index is 12.9. The first-order chi connectivity index (χ1) is 11.7. The summed E-state index contributed by atoms with van der Waals surface area (Å²) in [4.78, 5) is 24.6. The van der Waals surface area contributed by atoms with Crippen molar-refractivity contribution in [3.63, 3.8) is 0 Å². The highest BCUT2D eigenvalue weighted by Crippen LogP contribution is 2.30. The van der Waals surface area contributed by atoms with E-state index < -0.39 is 0 Å². The Morgan fingerprint density at radius 1 is 1.29 bits per heavy atom. The van der Waals surface area contributed by atoms with Gasteiger partial charge in [-0.25, -0.2) is 0 Å². The van der Waals surface area contributed by atoms with Gasteiger partial charge in [0.2, 0.25) is 0 Å². The fourth-order valence-electron chi connectivity index (χ4n) is 3.33. The molecule has 1 amide bonds. The molecule has 0 N–H and O–H groups in total. The Morgan fingerprint density at radius 3 is 3.00 bits per heavy atom. The van der Waals surface area contributed by atoms with Crippen LogP contribution in [0.1, 0.15) is 39.8 Å². The Morgan fingerprint density at radius 2 is 2.17 bits per heavy atom. The highest BCUT2D eigenvalue weighted by molar-refractivity contribution is 7.20. The Hall–Kier alpha value is -2.27.